The second kappa shape index (κ2) is 7.68. The van der Waals surface area contributed by atoms with Crippen molar-refractivity contribution in [3.63, 3.8) is 0 Å². The molecule has 2 saturated heterocycles. The standard InChI is InChI=1S/C19H23N5O2/c25-19(15-3-9-23(10-4-15)18-13-21-7-8-22-18)24-11-5-17(14-24)26-16-2-1-6-20-12-16/h1-2,6-8,12-13,15,17H,3-5,9-11,14H2. The average molecular weight is 353 g/mol. The minimum absolute atomic E-state index is 0.0582. The Hall–Kier alpha value is -2.70. The molecule has 2 aromatic heterocycles. The van der Waals surface area contributed by atoms with E-state index >= 15 is 0 Å². The molecule has 2 aromatic rings. The molecular weight excluding hydrogens is 330 g/mol. The van der Waals surface area contributed by atoms with Gasteiger partial charge in [0.15, 0.2) is 0 Å². The predicted molar refractivity (Wildman–Crippen MR) is 96.8 cm³/mol. The summed E-state index contributed by atoms with van der Waals surface area (Å²) >= 11 is 0. The summed E-state index contributed by atoms with van der Waals surface area (Å²) in [6.45, 7) is 3.13. The van der Waals surface area contributed by atoms with Crippen molar-refractivity contribution in [1.82, 2.24) is 19.9 Å². The van der Waals surface area contributed by atoms with Crippen molar-refractivity contribution < 1.29 is 9.53 Å². The first kappa shape index (κ1) is 16.8. The highest BCUT2D eigenvalue weighted by atomic mass is 16.5. The maximum Gasteiger partial charge on any atom is 0.225 e. The van der Waals surface area contributed by atoms with E-state index in [2.05, 4.69) is 19.9 Å². The molecule has 0 aliphatic carbocycles. The lowest BCUT2D eigenvalue weighted by Gasteiger charge is -2.33. The van der Waals surface area contributed by atoms with Gasteiger partial charge in [0.1, 0.15) is 17.7 Å². The largest absolute Gasteiger partial charge is 0.487 e. The zero-order valence-electron chi connectivity index (χ0n) is 14.7. The number of anilines is 1. The molecule has 0 radical (unpaired) electrons. The molecular formula is C19H23N5O2. The van der Waals surface area contributed by atoms with Gasteiger partial charge in [0, 0.05) is 50.6 Å². The molecule has 2 aliphatic heterocycles. The monoisotopic (exact) mass is 353 g/mol. The summed E-state index contributed by atoms with van der Waals surface area (Å²) in [5.74, 6) is 2.02. The van der Waals surface area contributed by atoms with Crippen LogP contribution in [0.1, 0.15) is 19.3 Å². The van der Waals surface area contributed by atoms with Crippen molar-refractivity contribution >= 4 is 11.7 Å². The highest BCUT2D eigenvalue weighted by Crippen LogP contribution is 2.25. The van der Waals surface area contributed by atoms with Gasteiger partial charge in [-0.3, -0.25) is 14.8 Å². The van der Waals surface area contributed by atoms with Gasteiger partial charge in [0.25, 0.3) is 0 Å². The molecule has 0 saturated carbocycles. The fourth-order valence-electron chi connectivity index (χ4n) is 3.70. The van der Waals surface area contributed by atoms with Crippen molar-refractivity contribution in [1.29, 1.82) is 0 Å². The quantitative estimate of drug-likeness (QED) is 0.834. The van der Waals surface area contributed by atoms with Crippen molar-refractivity contribution in [2.24, 2.45) is 5.92 Å². The molecule has 0 N–H and O–H groups in total. The molecule has 7 heteroatoms. The minimum Gasteiger partial charge on any atom is -0.487 e. The van der Waals surface area contributed by atoms with Crippen molar-refractivity contribution in [3.8, 4) is 5.75 Å². The lowest BCUT2D eigenvalue weighted by molar-refractivity contribution is -0.135. The molecule has 0 spiro atoms. The number of ether oxygens (including phenoxy) is 1. The van der Waals surface area contributed by atoms with E-state index in [1.54, 1.807) is 31.0 Å². The van der Waals surface area contributed by atoms with Crippen LogP contribution in [0, 0.1) is 5.92 Å². The molecule has 1 amide bonds. The molecule has 1 unspecified atom stereocenters. The number of rotatable bonds is 4. The Bertz CT molecular complexity index is 715. The summed E-state index contributed by atoms with van der Waals surface area (Å²) in [6.07, 6.45) is 11.3. The third-order valence-corrected chi connectivity index (χ3v) is 5.11. The number of aromatic nitrogens is 3. The van der Waals surface area contributed by atoms with Crippen LogP contribution in [-0.4, -0.2) is 58.0 Å². The smallest absolute Gasteiger partial charge is 0.225 e. The first-order valence-electron chi connectivity index (χ1n) is 9.16. The van der Waals surface area contributed by atoms with Gasteiger partial charge < -0.3 is 14.5 Å². The van der Waals surface area contributed by atoms with Crippen molar-refractivity contribution in [3.05, 3.63) is 43.1 Å². The van der Waals surface area contributed by atoms with E-state index in [4.69, 9.17) is 4.74 Å². The van der Waals surface area contributed by atoms with Crippen LogP contribution in [0.2, 0.25) is 0 Å². The third kappa shape index (κ3) is 3.76. The van der Waals surface area contributed by atoms with Crippen molar-refractivity contribution in [2.45, 2.75) is 25.4 Å². The van der Waals surface area contributed by atoms with Crippen LogP contribution in [0.25, 0.3) is 0 Å². The van der Waals surface area contributed by atoms with Crippen LogP contribution in [0.5, 0.6) is 5.75 Å². The molecule has 4 rings (SSSR count). The van der Waals surface area contributed by atoms with E-state index in [1.165, 1.54) is 0 Å². The number of likely N-dealkylation sites (tertiary alicyclic amines) is 1. The molecule has 0 bridgehead atoms. The highest BCUT2D eigenvalue weighted by molar-refractivity contribution is 5.79. The van der Waals surface area contributed by atoms with Gasteiger partial charge in [0.05, 0.1) is 18.9 Å². The van der Waals surface area contributed by atoms with E-state index in [0.29, 0.717) is 6.54 Å². The molecule has 4 heterocycles. The zero-order chi connectivity index (χ0) is 17.8. The number of nitrogens with zero attached hydrogens (tertiary/aromatic N) is 5. The van der Waals surface area contributed by atoms with Gasteiger partial charge in [-0.2, -0.15) is 0 Å². The van der Waals surface area contributed by atoms with Crippen LogP contribution in [0.15, 0.2) is 43.1 Å². The van der Waals surface area contributed by atoms with Crippen LogP contribution in [0.4, 0.5) is 5.82 Å². The Balaban J connectivity index is 1.28. The van der Waals surface area contributed by atoms with Gasteiger partial charge in [-0.1, -0.05) is 0 Å². The number of piperidine rings is 1. The lowest BCUT2D eigenvalue weighted by Crippen LogP contribution is -2.42. The van der Waals surface area contributed by atoms with Crippen LogP contribution >= 0.6 is 0 Å². The predicted octanol–water partition coefficient (Wildman–Crippen LogP) is 1.77. The van der Waals surface area contributed by atoms with Gasteiger partial charge in [0.2, 0.25) is 5.91 Å². The minimum atomic E-state index is 0.0582. The Morgan fingerprint density at radius 1 is 1.04 bits per heavy atom. The second-order valence-corrected chi connectivity index (χ2v) is 6.83. The highest BCUT2D eigenvalue weighted by Gasteiger charge is 2.33. The maximum atomic E-state index is 12.9. The van der Waals surface area contributed by atoms with E-state index in [9.17, 15) is 4.79 Å². The average Bonchev–Trinajstić information content (AvgIpc) is 3.17. The molecule has 136 valence electrons. The third-order valence-electron chi connectivity index (χ3n) is 5.11. The van der Waals surface area contributed by atoms with Crippen molar-refractivity contribution in [2.75, 3.05) is 31.1 Å². The summed E-state index contributed by atoms with van der Waals surface area (Å²) < 4.78 is 5.94. The van der Waals surface area contributed by atoms with Gasteiger partial charge in [-0.05, 0) is 25.0 Å². The van der Waals surface area contributed by atoms with E-state index in [1.807, 2.05) is 17.0 Å². The van der Waals surface area contributed by atoms with E-state index in [-0.39, 0.29) is 17.9 Å². The summed E-state index contributed by atoms with van der Waals surface area (Å²) in [4.78, 5) is 29.6. The van der Waals surface area contributed by atoms with Crippen LogP contribution in [0.3, 0.4) is 0 Å². The Morgan fingerprint density at radius 2 is 1.88 bits per heavy atom. The number of hydrogen-bond donors (Lipinski definition) is 0. The summed E-state index contributed by atoms with van der Waals surface area (Å²) in [7, 11) is 0. The maximum absolute atomic E-state index is 12.9. The normalized spacial score (nSPS) is 21.0. The zero-order valence-corrected chi connectivity index (χ0v) is 14.7. The topological polar surface area (TPSA) is 71.5 Å². The van der Waals surface area contributed by atoms with Gasteiger partial charge in [-0.25, -0.2) is 4.98 Å². The lowest BCUT2D eigenvalue weighted by atomic mass is 9.95. The number of carbonyl (C=O) groups is 1. The Morgan fingerprint density at radius 3 is 2.62 bits per heavy atom. The summed E-state index contributed by atoms with van der Waals surface area (Å²) in [5, 5.41) is 0. The second-order valence-electron chi connectivity index (χ2n) is 6.83. The summed E-state index contributed by atoms with van der Waals surface area (Å²) in [6, 6.07) is 3.76. The number of carbonyl (C=O) groups excluding carboxylic acids is 1. The van der Waals surface area contributed by atoms with Crippen LogP contribution < -0.4 is 9.64 Å². The van der Waals surface area contributed by atoms with Crippen LogP contribution in [-0.2, 0) is 4.79 Å². The fourth-order valence-corrected chi connectivity index (χ4v) is 3.70. The Labute approximate surface area is 153 Å². The van der Waals surface area contributed by atoms with E-state index in [0.717, 1.165) is 50.5 Å². The van der Waals surface area contributed by atoms with Gasteiger partial charge >= 0.3 is 0 Å². The molecule has 2 aliphatic rings. The molecule has 2 fully saturated rings. The molecule has 26 heavy (non-hydrogen) atoms. The van der Waals surface area contributed by atoms with E-state index < -0.39 is 0 Å². The molecule has 0 aromatic carbocycles. The number of amides is 1. The first-order chi connectivity index (χ1) is 12.8. The SMILES string of the molecule is O=C(C1CCN(c2cnccn2)CC1)N1CCC(Oc2cccnc2)C1. The number of hydrogen-bond acceptors (Lipinski definition) is 6. The molecule has 1 atom stereocenters. The molecule has 7 nitrogen and oxygen atoms in total. The summed E-state index contributed by atoms with van der Waals surface area (Å²) in [5.41, 5.74) is 0. The first-order valence-corrected chi connectivity index (χ1v) is 9.16. The van der Waals surface area contributed by atoms with Gasteiger partial charge in [-0.15, -0.1) is 0 Å². The number of pyridine rings is 1. The fraction of sp³-hybridized carbons (Fsp3) is 0.474. The Kier molecular flexibility index (Phi) is 4.95.